The summed E-state index contributed by atoms with van der Waals surface area (Å²) in [7, 11) is -0.959. The molecule has 0 atom stereocenters. The number of rotatable bonds is 4. The van der Waals surface area contributed by atoms with Gasteiger partial charge in [0.05, 0.1) is 12.8 Å². The van der Waals surface area contributed by atoms with Gasteiger partial charge in [-0.05, 0) is 36.4 Å². The zero-order chi connectivity index (χ0) is 15.6. The van der Waals surface area contributed by atoms with Crippen molar-refractivity contribution in [1.82, 2.24) is 0 Å². The molecule has 0 fully saturated rings. The van der Waals surface area contributed by atoms with Crippen LogP contribution in [0.4, 0.5) is 5.69 Å². The largest absolute Gasteiger partial charge is 0.495 e. The average Bonchev–Trinajstić information content (AvgIpc) is 2.46. The predicted molar refractivity (Wildman–Crippen MR) is 85.0 cm³/mol. The third-order valence-corrected chi connectivity index (χ3v) is 5.21. The number of benzene rings is 2. The molecule has 0 bridgehead atoms. The number of hydrogen-bond donors (Lipinski definition) is 0. The molecule has 0 saturated carbocycles. The second-order valence-electron chi connectivity index (χ2n) is 4.25. The summed E-state index contributed by atoms with van der Waals surface area (Å²) in [6, 6.07) is 11.0. The van der Waals surface area contributed by atoms with Crippen molar-refractivity contribution in [2.75, 3.05) is 18.5 Å². The Morgan fingerprint density at radius 2 is 1.71 bits per heavy atom. The molecule has 0 heterocycles. The second kappa shape index (κ2) is 6.13. The van der Waals surface area contributed by atoms with Crippen LogP contribution in [0.15, 0.2) is 47.4 Å². The lowest BCUT2D eigenvalue weighted by atomic mass is 10.3. The summed E-state index contributed by atoms with van der Waals surface area (Å²) in [6.45, 7) is 0. The Kier molecular flexibility index (Phi) is 4.66. The first kappa shape index (κ1) is 15.9. The number of methoxy groups -OCH3 is 1. The van der Waals surface area contributed by atoms with Crippen LogP contribution in [-0.2, 0) is 10.0 Å². The van der Waals surface area contributed by atoms with E-state index < -0.39 is 10.0 Å². The van der Waals surface area contributed by atoms with E-state index in [1.165, 1.54) is 26.3 Å². The van der Waals surface area contributed by atoms with E-state index in [9.17, 15) is 8.42 Å². The van der Waals surface area contributed by atoms with Crippen LogP contribution in [-0.4, -0.2) is 22.6 Å². The second-order valence-corrected chi connectivity index (χ2v) is 7.06. The van der Waals surface area contributed by atoms with Crippen LogP contribution in [0.25, 0.3) is 0 Å². The van der Waals surface area contributed by atoms with Crippen molar-refractivity contribution in [3.8, 4) is 5.75 Å². The van der Waals surface area contributed by atoms with Crippen molar-refractivity contribution in [1.29, 1.82) is 0 Å². The maximum atomic E-state index is 12.7. The lowest BCUT2D eigenvalue weighted by Crippen LogP contribution is -2.27. The molecule has 0 spiro atoms. The van der Waals surface area contributed by atoms with Crippen molar-refractivity contribution < 1.29 is 13.2 Å². The first-order chi connectivity index (χ1) is 9.86. The van der Waals surface area contributed by atoms with Gasteiger partial charge in [-0.3, -0.25) is 4.31 Å². The van der Waals surface area contributed by atoms with E-state index in [1.807, 2.05) is 0 Å². The van der Waals surface area contributed by atoms with Gasteiger partial charge in [-0.1, -0.05) is 29.3 Å². The summed E-state index contributed by atoms with van der Waals surface area (Å²) >= 11 is 11.8. The molecule has 0 N–H and O–H groups in total. The first-order valence-electron chi connectivity index (χ1n) is 5.94. The molecule has 21 heavy (non-hydrogen) atoms. The van der Waals surface area contributed by atoms with Gasteiger partial charge in [-0.15, -0.1) is 0 Å². The molecule has 0 aliphatic heterocycles. The molecule has 0 aliphatic carbocycles. The summed E-state index contributed by atoms with van der Waals surface area (Å²) in [5.74, 6) is 0.230. The van der Waals surface area contributed by atoms with E-state index in [2.05, 4.69) is 0 Å². The van der Waals surface area contributed by atoms with Crippen molar-refractivity contribution in [3.63, 3.8) is 0 Å². The Morgan fingerprint density at radius 1 is 1.05 bits per heavy atom. The van der Waals surface area contributed by atoms with Crippen LogP contribution in [0.1, 0.15) is 0 Å². The number of ether oxygens (including phenoxy) is 1. The highest BCUT2D eigenvalue weighted by Gasteiger charge is 2.25. The molecule has 2 rings (SSSR count). The third kappa shape index (κ3) is 3.26. The summed E-state index contributed by atoms with van der Waals surface area (Å²) in [5.41, 5.74) is 0.449. The molecule has 0 amide bonds. The molecular formula is C14H13Cl2NO3S. The molecule has 0 unspecified atom stereocenters. The third-order valence-electron chi connectivity index (χ3n) is 2.94. The SMILES string of the molecule is COc1ccc(Cl)cc1S(=O)(=O)N(C)c1cccc(Cl)c1. The summed E-state index contributed by atoms with van der Waals surface area (Å²) < 4.78 is 31.7. The van der Waals surface area contributed by atoms with Crippen LogP contribution in [0.5, 0.6) is 5.75 Å². The van der Waals surface area contributed by atoms with Crippen LogP contribution in [0.2, 0.25) is 10.0 Å². The van der Waals surface area contributed by atoms with Gasteiger partial charge in [-0.25, -0.2) is 8.42 Å². The van der Waals surface area contributed by atoms with E-state index in [0.29, 0.717) is 15.7 Å². The molecule has 112 valence electrons. The van der Waals surface area contributed by atoms with E-state index in [1.54, 1.807) is 30.3 Å². The smallest absolute Gasteiger partial charge is 0.267 e. The van der Waals surface area contributed by atoms with Crippen LogP contribution in [0.3, 0.4) is 0 Å². The van der Waals surface area contributed by atoms with Gasteiger partial charge in [-0.2, -0.15) is 0 Å². The van der Waals surface area contributed by atoms with Crippen molar-refractivity contribution in [3.05, 3.63) is 52.5 Å². The zero-order valence-electron chi connectivity index (χ0n) is 11.4. The van der Waals surface area contributed by atoms with Crippen molar-refractivity contribution in [2.24, 2.45) is 0 Å². The molecule has 4 nitrogen and oxygen atoms in total. The summed E-state index contributed by atoms with van der Waals surface area (Å²) in [6.07, 6.45) is 0. The first-order valence-corrected chi connectivity index (χ1v) is 8.14. The summed E-state index contributed by atoms with van der Waals surface area (Å²) in [5, 5.41) is 0.765. The lowest BCUT2D eigenvalue weighted by molar-refractivity contribution is 0.402. The molecule has 0 aliphatic rings. The molecule has 2 aromatic carbocycles. The van der Waals surface area contributed by atoms with Gasteiger partial charge < -0.3 is 4.74 Å². The molecule has 7 heteroatoms. The number of nitrogens with zero attached hydrogens (tertiary/aromatic N) is 1. The number of halogens is 2. The Balaban J connectivity index is 2.54. The van der Waals surface area contributed by atoms with Gasteiger partial charge >= 0.3 is 0 Å². The fourth-order valence-electron chi connectivity index (χ4n) is 1.81. The van der Waals surface area contributed by atoms with E-state index in [0.717, 1.165) is 4.31 Å². The lowest BCUT2D eigenvalue weighted by Gasteiger charge is -2.21. The van der Waals surface area contributed by atoms with Crippen molar-refractivity contribution in [2.45, 2.75) is 4.90 Å². The Hall–Kier alpha value is -1.43. The molecular weight excluding hydrogens is 333 g/mol. The molecule has 0 radical (unpaired) electrons. The van der Waals surface area contributed by atoms with E-state index >= 15 is 0 Å². The molecule has 0 aromatic heterocycles. The topological polar surface area (TPSA) is 46.6 Å². The average molecular weight is 346 g/mol. The molecule has 0 saturated heterocycles. The Morgan fingerprint density at radius 3 is 2.33 bits per heavy atom. The van der Waals surface area contributed by atoms with E-state index in [-0.39, 0.29) is 10.6 Å². The van der Waals surface area contributed by atoms with E-state index in [4.69, 9.17) is 27.9 Å². The minimum atomic E-state index is -3.81. The van der Waals surface area contributed by atoms with Gasteiger partial charge in [0.15, 0.2) is 0 Å². The minimum absolute atomic E-state index is 0.0000227. The quantitative estimate of drug-likeness (QED) is 0.845. The Labute approximate surface area is 133 Å². The Bertz CT molecular complexity index is 763. The van der Waals surface area contributed by atoms with Crippen LogP contribution in [0, 0.1) is 0 Å². The highest BCUT2D eigenvalue weighted by atomic mass is 35.5. The van der Waals surface area contributed by atoms with Gasteiger partial charge in [0.2, 0.25) is 0 Å². The zero-order valence-corrected chi connectivity index (χ0v) is 13.7. The van der Waals surface area contributed by atoms with Gasteiger partial charge in [0.25, 0.3) is 10.0 Å². The maximum absolute atomic E-state index is 12.7. The number of anilines is 1. The predicted octanol–water partition coefficient (Wildman–Crippen LogP) is 3.83. The maximum Gasteiger partial charge on any atom is 0.267 e. The van der Waals surface area contributed by atoms with Gasteiger partial charge in [0, 0.05) is 17.1 Å². The monoisotopic (exact) mass is 345 g/mol. The highest BCUT2D eigenvalue weighted by molar-refractivity contribution is 7.93. The fraction of sp³-hybridized carbons (Fsp3) is 0.143. The van der Waals surface area contributed by atoms with Crippen LogP contribution >= 0.6 is 23.2 Å². The van der Waals surface area contributed by atoms with Gasteiger partial charge in [0.1, 0.15) is 10.6 Å². The number of sulfonamides is 1. The van der Waals surface area contributed by atoms with Crippen molar-refractivity contribution >= 4 is 38.9 Å². The highest BCUT2D eigenvalue weighted by Crippen LogP contribution is 2.31. The minimum Gasteiger partial charge on any atom is -0.495 e. The molecule has 2 aromatic rings. The summed E-state index contributed by atoms with van der Waals surface area (Å²) in [4.78, 5) is -0.0000227. The van der Waals surface area contributed by atoms with Crippen LogP contribution < -0.4 is 9.04 Å². The normalized spacial score (nSPS) is 11.2. The fourth-order valence-corrected chi connectivity index (χ4v) is 3.60. The number of hydrogen-bond acceptors (Lipinski definition) is 3. The standard InChI is InChI=1S/C14H13Cl2NO3S/c1-17(12-5-3-4-10(15)8-12)21(18,19)14-9-11(16)6-7-13(14)20-2/h3-9H,1-2H3.